The van der Waals surface area contributed by atoms with Crippen molar-refractivity contribution in [3.05, 3.63) is 242 Å². The summed E-state index contributed by atoms with van der Waals surface area (Å²) in [5, 5.41) is 9.70. The normalized spacial score (nSPS) is 12.1. The number of para-hydroxylation sites is 8. The molecule has 0 aliphatic carbocycles. The molecular weight excluding hydrogens is 933 g/mol. The van der Waals surface area contributed by atoms with Crippen LogP contribution in [0.4, 0.5) is 0 Å². The van der Waals surface area contributed by atoms with E-state index in [1.54, 1.807) is 0 Å². The number of hydrogen-bond acceptors (Lipinski definition) is 3. The Morgan fingerprint density at radius 2 is 0.440 bits per heavy atom. The number of hydrogen-bond donors (Lipinski definition) is 0. The monoisotopic (exact) mass is 976 g/mol. The maximum atomic E-state index is 5.46. The van der Waals surface area contributed by atoms with Gasteiger partial charge in [-0.1, -0.05) is 158 Å². The second-order valence-electron chi connectivity index (χ2n) is 19.8. The van der Waals surface area contributed by atoms with Crippen LogP contribution in [-0.2, 0) is 0 Å². The van der Waals surface area contributed by atoms with Gasteiger partial charge in [-0.05, 0) is 97.8 Å². The van der Waals surface area contributed by atoms with Crippen molar-refractivity contribution in [3.8, 4) is 45.0 Å². The smallest absolute Gasteiger partial charge is 0.113 e. The summed E-state index contributed by atoms with van der Waals surface area (Å²) in [5.41, 5.74) is 21.9. The molecule has 75 heavy (non-hydrogen) atoms. The topological polar surface area (TPSA) is 45.5 Å². The molecule has 6 nitrogen and oxygen atoms in total. The SMILES string of the molecule is Cc1c(C)c(-c2c(-n3c4ccccc4c4ccccc43)cccc2-n2c3ccccc3c3ccccc32)c2nsnc2c1-c1c(-n2c3ccccc3c3ccccc32)cccc1-n1c2ccccc2c2ccccc21. The Kier molecular flexibility index (Phi) is 8.94. The van der Waals surface area contributed by atoms with Crippen LogP contribution in [0.1, 0.15) is 11.1 Å². The summed E-state index contributed by atoms with van der Waals surface area (Å²) >= 11 is 1.29. The summed E-state index contributed by atoms with van der Waals surface area (Å²) in [4.78, 5) is 0. The zero-order valence-corrected chi connectivity index (χ0v) is 41.8. The maximum absolute atomic E-state index is 5.46. The number of fused-ring (bicyclic) bond motifs is 13. The van der Waals surface area contributed by atoms with Gasteiger partial charge in [0, 0.05) is 65.3 Å². The van der Waals surface area contributed by atoms with E-state index in [-0.39, 0.29) is 0 Å². The third kappa shape index (κ3) is 5.78. The maximum Gasteiger partial charge on any atom is 0.113 e. The lowest BCUT2D eigenvalue weighted by Crippen LogP contribution is -2.08. The lowest BCUT2D eigenvalue weighted by Gasteiger charge is -2.25. The molecule has 7 heteroatoms. The van der Waals surface area contributed by atoms with E-state index in [2.05, 4.69) is 263 Å². The predicted octanol–water partition coefficient (Wildman–Crippen LogP) is 18.0. The minimum atomic E-state index is 0.874. The van der Waals surface area contributed by atoms with Gasteiger partial charge in [0.25, 0.3) is 0 Å². The molecule has 0 saturated carbocycles. The highest BCUT2D eigenvalue weighted by molar-refractivity contribution is 7.00. The van der Waals surface area contributed by atoms with Crippen LogP contribution in [0.25, 0.3) is 143 Å². The van der Waals surface area contributed by atoms with Gasteiger partial charge in [-0.3, -0.25) is 0 Å². The molecule has 0 spiro atoms. The van der Waals surface area contributed by atoms with Crippen molar-refractivity contribution in [2.45, 2.75) is 13.8 Å². The molecule has 0 atom stereocenters. The van der Waals surface area contributed by atoms with Crippen molar-refractivity contribution in [1.29, 1.82) is 0 Å². The van der Waals surface area contributed by atoms with Crippen molar-refractivity contribution in [2.75, 3.05) is 0 Å². The Morgan fingerprint density at radius 1 is 0.240 bits per heavy atom. The van der Waals surface area contributed by atoms with Gasteiger partial charge in [0.05, 0.1) is 78.6 Å². The predicted molar refractivity (Wildman–Crippen MR) is 315 cm³/mol. The quantitative estimate of drug-likeness (QED) is 0.167. The van der Waals surface area contributed by atoms with Gasteiger partial charge in [0.2, 0.25) is 0 Å². The van der Waals surface area contributed by atoms with Crippen molar-refractivity contribution in [2.24, 2.45) is 0 Å². The molecular formula is C68H44N6S. The van der Waals surface area contributed by atoms with E-state index >= 15 is 0 Å². The number of rotatable bonds is 6. The van der Waals surface area contributed by atoms with Crippen molar-refractivity contribution < 1.29 is 0 Å². The van der Waals surface area contributed by atoms with Gasteiger partial charge in [-0.15, -0.1) is 0 Å². The molecule has 0 radical (unpaired) electrons. The van der Waals surface area contributed by atoms with Gasteiger partial charge in [0.15, 0.2) is 0 Å². The third-order valence-corrected chi connectivity index (χ3v) is 16.6. The summed E-state index contributed by atoms with van der Waals surface area (Å²) in [5.74, 6) is 0. The highest BCUT2D eigenvalue weighted by atomic mass is 32.1. The van der Waals surface area contributed by atoms with Crippen LogP contribution in [0.5, 0.6) is 0 Å². The molecule has 0 fully saturated rings. The fourth-order valence-electron chi connectivity index (χ4n) is 12.9. The van der Waals surface area contributed by atoms with Crippen LogP contribution in [0, 0.1) is 13.8 Å². The van der Waals surface area contributed by atoms with Crippen LogP contribution in [0.2, 0.25) is 0 Å². The average Bonchev–Trinajstić information content (AvgIpc) is 4.31. The third-order valence-electron chi connectivity index (χ3n) is 16.1. The molecule has 11 aromatic carbocycles. The van der Waals surface area contributed by atoms with E-state index in [1.807, 2.05) is 0 Å². The minimum Gasteiger partial charge on any atom is -0.309 e. The minimum absolute atomic E-state index is 0.874. The first-order valence-electron chi connectivity index (χ1n) is 25.6. The molecule has 0 N–H and O–H groups in total. The molecule has 0 aliphatic heterocycles. The average molecular weight is 977 g/mol. The number of benzene rings is 11. The molecule has 0 unspecified atom stereocenters. The summed E-state index contributed by atoms with van der Waals surface area (Å²) in [6.45, 7) is 4.63. The second kappa shape index (κ2) is 16.0. The summed E-state index contributed by atoms with van der Waals surface area (Å²) < 4.78 is 20.8. The molecule has 5 heterocycles. The zero-order chi connectivity index (χ0) is 49.5. The van der Waals surface area contributed by atoms with Gasteiger partial charge in [-0.2, -0.15) is 8.75 Å². The van der Waals surface area contributed by atoms with E-state index in [0.29, 0.717) is 0 Å². The molecule has 0 aliphatic rings. The Labute approximate surface area is 435 Å². The largest absolute Gasteiger partial charge is 0.309 e. The van der Waals surface area contributed by atoms with Crippen LogP contribution in [0.15, 0.2) is 231 Å². The number of nitrogens with zero attached hydrogens (tertiary/aromatic N) is 6. The van der Waals surface area contributed by atoms with Crippen molar-refractivity contribution >= 4 is 110 Å². The van der Waals surface area contributed by atoms with Crippen molar-refractivity contribution in [3.63, 3.8) is 0 Å². The molecule has 0 amide bonds. The molecule has 352 valence electrons. The Hall–Kier alpha value is -9.56. The lowest BCUT2D eigenvalue weighted by atomic mass is 9.86. The molecule has 5 aromatic heterocycles. The molecule has 0 saturated heterocycles. The Balaban J connectivity index is 1.08. The first-order valence-corrected chi connectivity index (χ1v) is 26.3. The van der Waals surface area contributed by atoms with Gasteiger partial charge in [-0.25, -0.2) is 0 Å². The molecule has 0 bridgehead atoms. The van der Waals surface area contributed by atoms with Crippen molar-refractivity contribution in [1.82, 2.24) is 27.0 Å². The fraction of sp³-hybridized carbons (Fsp3) is 0.0294. The number of aromatic nitrogens is 6. The first-order chi connectivity index (χ1) is 37.1. The highest BCUT2D eigenvalue weighted by Gasteiger charge is 2.31. The van der Waals surface area contributed by atoms with Crippen LogP contribution in [0.3, 0.4) is 0 Å². The Bertz CT molecular complexity index is 4260. The second-order valence-corrected chi connectivity index (χ2v) is 20.3. The van der Waals surface area contributed by atoms with Crippen LogP contribution < -0.4 is 0 Å². The lowest BCUT2D eigenvalue weighted by molar-refractivity contribution is 1.13. The molecule has 16 aromatic rings. The fourth-order valence-corrected chi connectivity index (χ4v) is 13.5. The van der Waals surface area contributed by atoms with Gasteiger partial charge in [0.1, 0.15) is 11.0 Å². The Morgan fingerprint density at radius 3 is 0.653 bits per heavy atom. The van der Waals surface area contributed by atoms with Crippen LogP contribution >= 0.6 is 11.7 Å². The van der Waals surface area contributed by atoms with E-state index in [4.69, 9.17) is 8.75 Å². The summed E-state index contributed by atoms with van der Waals surface area (Å²) in [6.07, 6.45) is 0. The van der Waals surface area contributed by atoms with E-state index in [9.17, 15) is 0 Å². The van der Waals surface area contributed by atoms with Gasteiger partial charge >= 0.3 is 0 Å². The van der Waals surface area contributed by atoms with Crippen LogP contribution in [-0.4, -0.2) is 27.0 Å². The highest BCUT2D eigenvalue weighted by Crippen LogP contribution is 2.51. The zero-order valence-electron chi connectivity index (χ0n) is 41.0. The van der Waals surface area contributed by atoms with Gasteiger partial charge < -0.3 is 18.3 Å². The summed E-state index contributed by atoms with van der Waals surface area (Å²) in [7, 11) is 0. The summed E-state index contributed by atoms with van der Waals surface area (Å²) in [6, 6.07) is 84.2. The first kappa shape index (κ1) is 42.0. The standard InChI is InChI=1S/C68H44N6S/c1-41-42(2)64(66-61(73-55-33-15-7-25-47(55)48-26-8-16-34-56(48)73)39-20-40-62(66)74-57-35-17-9-27-49(57)50-28-10-18-36-58(50)74)68-67(69-75-70-68)63(41)65-59(71-51-29-11-3-21-43(51)44-22-4-12-30-52(44)71)37-19-38-60(65)72-53-31-13-5-23-45(53)46-24-6-14-32-54(46)72/h3-40H,1-2H3. The van der Waals surface area contributed by atoms with E-state index < -0.39 is 0 Å². The van der Waals surface area contributed by atoms with E-state index in [0.717, 1.165) is 111 Å². The van der Waals surface area contributed by atoms with E-state index in [1.165, 1.54) is 54.8 Å². The molecule has 16 rings (SSSR count).